The summed E-state index contributed by atoms with van der Waals surface area (Å²) in [4.78, 5) is 25.5. The number of likely N-dealkylation sites (tertiary alicyclic amines) is 1. The number of rotatable bonds is 3. The van der Waals surface area contributed by atoms with Gasteiger partial charge in [-0.3, -0.25) is 9.78 Å². The predicted octanol–water partition coefficient (Wildman–Crippen LogP) is 1.75. The highest BCUT2D eigenvalue weighted by Crippen LogP contribution is 2.26. The molecule has 1 aliphatic rings. The smallest absolute Gasteiger partial charge is 0.227 e. The van der Waals surface area contributed by atoms with Crippen LogP contribution >= 0.6 is 0 Å². The van der Waals surface area contributed by atoms with Crippen LogP contribution in [0.25, 0.3) is 0 Å². The number of hydrogen-bond donors (Lipinski definition) is 1. The molecule has 1 fully saturated rings. The van der Waals surface area contributed by atoms with Gasteiger partial charge >= 0.3 is 0 Å². The zero-order valence-electron chi connectivity index (χ0n) is 11.3. The molecule has 0 spiro atoms. The number of carbonyl (C=O) groups excluding carboxylic acids is 1. The zero-order chi connectivity index (χ0) is 13.8. The Hall–Kier alpha value is -2.17. The maximum absolute atomic E-state index is 12.2. The van der Waals surface area contributed by atoms with Gasteiger partial charge in [0.2, 0.25) is 5.91 Å². The molecule has 0 saturated carbocycles. The van der Waals surface area contributed by atoms with Crippen molar-refractivity contribution in [3.05, 3.63) is 48.3 Å². The molecular formula is C15H18N4O. The van der Waals surface area contributed by atoms with E-state index in [0.29, 0.717) is 12.3 Å². The average Bonchev–Trinajstić information content (AvgIpc) is 3.03. The first-order chi connectivity index (χ1) is 9.83. The minimum absolute atomic E-state index is 0.195. The Morgan fingerprint density at radius 1 is 1.30 bits per heavy atom. The predicted molar refractivity (Wildman–Crippen MR) is 75.1 cm³/mol. The van der Waals surface area contributed by atoms with Crippen LogP contribution in [0.3, 0.4) is 0 Å². The van der Waals surface area contributed by atoms with Gasteiger partial charge in [-0.1, -0.05) is 6.07 Å². The molecule has 2 aromatic rings. The van der Waals surface area contributed by atoms with Crippen LogP contribution in [0, 0.1) is 0 Å². The number of carbonyl (C=O) groups is 1. The SMILES string of the molecule is O=C(Cc1cccnc1)N1CCC(c2cnc[nH]2)CC1. The first-order valence-corrected chi connectivity index (χ1v) is 6.98. The molecule has 0 radical (unpaired) electrons. The number of hydrogen-bond acceptors (Lipinski definition) is 3. The van der Waals surface area contributed by atoms with Crippen molar-refractivity contribution in [2.24, 2.45) is 0 Å². The monoisotopic (exact) mass is 270 g/mol. The van der Waals surface area contributed by atoms with E-state index in [1.807, 2.05) is 23.2 Å². The van der Waals surface area contributed by atoms with Gasteiger partial charge in [-0.05, 0) is 24.5 Å². The Balaban J connectivity index is 1.54. The van der Waals surface area contributed by atoms with E-state index in [2.05, 4.69) is 15.0 Å². The maximum atomic E-state index is 12.2. The summed E-state index contributed by atoms with van der Waals surface area (Å²) >= 11 is 0. The van der Waals surface area contributed by atoms with E-state index in [1.54, 1.807) is 18.7 Å². The summed E-state index contributed by atoms with van der Waals surface area (Å²) in [7, 11) is 0. The van der Waals surface area contributed by atoms with E-state index in [0.717, 1.165) is 31.5 Å². The van der Waals surface area contributed by atoms with Crippen LogP contribution in [0.1, 0.15) is 30.0 Å². The number of imidazole rings is 1. The van der Waals surface area contributed by atoms with E-state index in [-0.39, 0.29) is 5.91 Å². The second-order valence-electron chi connectivity index (χ2n) is 5.20. The average molecular weight is 270 g/mol. The summed E-state index contributed by atoms with van der Waals surface area (Å²) in [6, 6.07) is 3.81. The molecule has 0 aromatic carbocycles. The quantitative estimate of drug-likeness (QED) is 0.924. The van der Waals surface area contributed by atoms with Crippen molar-refractivity contribution in [3.8, 4) is 0 Å². The molecule has 0 atom stereocenters. The minimum atomic E-state index is 0.195. The Morgan fingerprint density at radius 3 is 2.80 bits per heavy atom. The lowest BCUT2D eigenvalue weighted by Crippen LogP contribution is -2.38. The number of pyridine rings is 1. The topological polar surface area (TPSA) is 61.9 Å². The molecule has 3 rings (SSSR count). The fourth-order valence-corrected chi connectivity index (χ4v) is 2.72. The van der Waals surface area contributed by atoms with E-state index in [9.17, 15) is 4.79 Å². The summed E-state index contributed by atoms with van der Waals surface area (Å²) in [6.07, 6.45) is 9.54. The van der Waals surface area contributed by atoms with Crippen molar-refractivity contribution < 1.29 is 4.79 Å². The Bertz CT molecular complexity index is 545. The largest absolute Gasteiger partial charge is 0.348 e. The number of nitrogens with one attached hydrogen (secondary N) is 1. The normalized spacial score (nSPS) is 16.3. The molecule has 2 aromatic heterocycles. The van der Waals surface area contributed by atoms with Crippen molar-refractivity contribution in [1.29, 1.82) is 0 Å². The summed E-state index contributed by atoms with van der Waals surface area (Å²) < 4.78 is 0. The second kappa shape index (κ2) is 5.86. The third-order valence-corrected chi connectivity index (χ3v) is 3.89. The summed E-state index contributed by atoms with van der Waals surface area (Å²) in [5, 5.41) is 0. The van der Waals surface area contributed by atoms with Crippen molar-refractivity contribution in [2.75, 3.05) is 13.1 Å². The lowest BCUT2D eigenvalue weighted by molar-refractivity contribution is -0.131. The molecule has 0 bridgehead atoms. The fourth-order valence-electron chi connectivity index (χ4n) is 2.72. The molecule has 1 saturated heterocycles. The molecule has 20 heavy (non-hydrogen) atoms. The third kappa shape index (κ3) is 2.87. The van der Waals surface area contributed by atoms with Gasteiger partial charge in [0.25, 0.3) is 0 Å². The van der Waals surface area contributed by atoms with Crippen LogP contribution in [-0.4, -0.2) is 38.8 Å². The number of aromatic nitrogens is 3. The zero-order valence-corrected chi connectivity index (χ0v) is 11.3. The number of aromatic amines is 1. The Morgan fingerprint density at radius 2 is 2.15 bits per heavy atom. The van der Waals surface area contributed by atoms with Crippen molar-refractivity contribution in [2.45, 2.75) is 25.2 Å². The summed E-state index contributed by atoms with van der Waals surface area (Å²) in [5.41, 5.74) is 2.16. The lowest BCUT2D eigenvalue weighted by atomic mass is 9.94. The van der Waals surface area contributed by atoms with Gasteiger partial charge < -0.3 is 9.88 Å². The van der Waals surface area contributed by atoms with Gasteiger partial charge in [0, 0.05) is 43.3 Å². The highest BCUT2D eigenvalue weighted by molar-refractivity contribution is 5.78. The lowest BCUT2D eigenvalue weighted by Gasteiger charge is -2.31. The van der Waals surface area contributed by atoms with E-state index >= 15 is 0 Å². The van der Waals surface area contributed by atoms with Crippen LogP contribution in [0.4, 0.5) is 0 Å². The molecule has 3 heterocycles. The molecule has 5 heteroatoms. The summed E-state index contributed by atoms with van der Waals surface area (Å²) in [6.45, 7) is 1.64. The number of nitrogens with zero attached hydrogens (tertiary/aromatic N) is 3. The Kier molecular flexibility index (Phi) is 3.76. The first kappa shape index (κ1) is 12.8. The van der Waals surface area contributed by atoms with Crippen LogP contribution in [0.15, 0.2) is 37.1 Å². The molecular weight excluding hydrogens is 252 g/mol. The fraction of sp³-hybridized carbons (Fsp3) is 0.400. The molecule has 0 aliphatic carbocycles. The number of amides is 1. The van der Waals surface area contributed by atoms with E-state index in [1.165, 1.54) is 5.69 Å². The third-order valence-electron chi connectivity index (χ3n) is 3.89. The van der Waals surface area contributed by atoms with Gasteiger partial charge in [-0.25, -0.2) is 4.98 Å². The van der Waals surface area contributed by atoms with Gasteiger partial charge in [0.15, 0.2) is 0 Å². The van der Waals surface area contributed by atoms with Crippen LogP contribution in [0.2, 0.25) is 0 Å². The van der Waals surface area contributed by atoms with Crippen LogP contribution in [-0.2, 0) is 11.2 Å². The highest BCUT2D eigenvalue weighted by Gasteiger charge is 2.24. The molecule has 0 unspecified atom stereocenters. The standard InChI is InChI=1S/C15H18N4O/c20-15(8-12-2-1-5-16-9-12)19-6-3-13(4-7-19)14-10-17-11-18-14/h1-2,5,9-11,13H,3-4,6-8H2,(H,17,18). The number of H-pyrrole nitrogens is 1. The Labute approximate surface area is 118 Å². The number of piperidine rings is 1. The summed E-state index contributed by atoms with van der Waals surface area (Å²) in [5.74, 6) is 0.695. The molecule has 104 valence electrons. The van der Waals surface area contributed by atoms with E-state index in [4.69, 9.17) is 0 Å². The highest BCUT2D eigenvalue weighted by atomic mass is 16.2. The molecule has 1 amide bonds. The van der Waals surface area contributed by atoms with Crippen LogP contribution < -0.4 is 0 Å². The molecule has 1 aliphatic heterocycles. The van der Waals surface area contributed by atoms with Crippen molar-refractivity contribution >= 4 is 5.91 Å². The van der Waals surface area contributed by atoms with Crippen LogP contribution in [0.5, 0.6) is 0 Å². The van der Waals surface area contributed by atoms with Gasteiger partial charge in [0.05, 0.1) is 12.7 Å². The molecule has 5 nitrogen and oxygen atoms in total. The van der Waals surface area contributed by atoms with Gasteiger partial charge in [-0.2, -0.15) is 0 Å². The first-order valence-electron chi connectivity index (χ1n) is 6.98. The van der Waals surface area contributed by atoms with Crippen molar-refractivity contribution in [3.63, 3.8) is 0 Å². The second-order valence-corrected chi connectivity index (χ2v) is 5.20. The minimum Gasteiger partial charge on any atom is -0.348 e. The van der Waals surface area contributed by atoms with E-state index < -0.39 is 0 Å². The molecule has 1 N–H and O–H groups in total. The van der Waals surface area contributed by atoms with Gasteiger partial charge in [-0.15, -0.1) is 0 Å². The maximum Gasteiger partial charge on any atom is 0.227 e. The van der Waals surface area contributed by atoms with Crippen molar-refractivity contribution in [1.82, 2.24) is 19.9 Å². The van der Waals surface area contributed by atoms with Gasteiger partial charge in [0.1, 0.15) is 0 Å².